The summed E-state index contributed by atoms with van der Waals surface area (Å²) in [6.07, 6.45) is 0.315. The van der Waals surface area contributed by atoms with E-state index in [4.69, 9.17) is 18.7 Å². The maximum absolute atomic E-state index is 12.5. The van der Waals surface area contributed by atoms with E-state index in [1.807, 2.05) is 24.3 Å². The predicted octanol–water partition coefficient (Wildman–Crippen LogP) is 3.28. The summed E-state index contributed by atoms with van der Waals surface area (Å²) in [4.78, 5) is 18.8. The highest BCUT2D eigenvalue weighted by Crippen LogP contribution is 2.34. The van der Waals surface area contributed by atoms with Crippen LogP contribution in [-0.4, -0.2) is 43.9 Å². The Bertz CT molecular complexity index is 993. The molecule has 1 fully saturated rings. The zero-order chi connectivity index (χ0) is 20.4. The van der Waals surface area contributed by atoms with Gasteiger partial charge in [0.2, 0.25) is 17.6 Å². The Labute approximate surface area is 168 Å². The number of ether oxygens (including phenoxy) is 3. The van der Waals surface area contributed by atoms with E-state index in [1.54, 1.807) is 44.4 Å². The number of hydrogen-bond donors (Lipinski definition) is 0. The van der Waals surface area contributed by atoms with Crippen molar-refractivity contribution in [2.75, 3.05) is 32.8 Å². The molecule has 29 heavy (non-hydrogen) atoms. The lowest BCUT2D eigenvalue weighted by Crippen LogP contribution is -2.24. The summed E-state index contributed by atoms with van der Waals surface area (Å²) in [6.45, 7) is 0.480. The van der Waals surface area contributed by atoms with E-state index < -0.39 is 0 Å². The second-order valence-electron chi connectivity index (χ2n) is 6.66. The fraction of sp³-hybridized carbons (Fsp3) is 0.286. The number of anilines is 1. The van der Waals surface area contributed by atoms with E-state index in [2.05, 4.69) is 10.1 Å². The zero-order valence-electron chi connectivity index (χ0n) is 16.4. The van der Waals surface area contributed by atoms with E-state index in [-0.39, 0.29) is 11.8 Å². The van der Waals surface area contributed by atoms with Crippen molar-refractivity contribution >= 4 is 11.6 Å². The largest absolute Gasteiger partial charge is 0.497 e. The van der Waals surface area contributed by atoms with Crippen LogP contribution in [0, 0.1) is 0 Å². The quantitative estimate of drug-likeness (QED) is 0.633. The van der Waals surface area contributed by atoms with Gasteiger partial charge in [0.25, 0.3) is 0 Å². The van der Waals surface area contributed by atoms with Crippen molar-refractivity contribution in [3.8, 4) is 28.6 Å². The summed E-state index contributed by atoms with van der Waals surface area (Å²) in [7, 11) is 4.77. The number of methoxy groups -OCH3 is 3. The van der Waals surface area contributed by atoms with Crippen molar-refractivity contribution in [2.45, 2.75) is 12.3 Å². The number of rotatable bonds is 6. The van der Waals surface area contributed by atoms with Crippen LogP contribution in [0.15, 0.2) is 47.0 Å². The van der Waals surface area contributed by atoms with Crippen molar-refractivity contribution in [3.05, 3.63) is 48.4 Å². The SMILES string of the molecule is COc1ccc(N2CC(c3nc(-c4cc(OC)cc(OC)c4)no3)CC2=O)cc1. The number of nitrogens with zero attached hydrogens (tertiary/aromatic N) is 3. The fourth-order valence-electron chi connectivity index (χ4n) is 3.34. The molecule has 0 radical (unpaired) electrons. The van der Waals surface area contributed by atoms with Crippen molar-refractivity contribution in [3.63, 3.8) is 0 Å². The molecule has 1 amide bonds. The lowest BCUT2D eigenvalue weighted by Gasteiger charge is -2.16. The summed E-state index contributed by atoms with van der Waals surface area (Å²) in [5.74, 6) is 2.71. The second kappa shape index (κ2) is 7.83. The first-order valence-corrected chi connectivity index (χ1v) is 9.12. The number of amides is 1. The van der Waals surface area contributed by atoms with Crippen LogP contribution >= 0.6 is 0 Å². The van der Waals surface area contributed by atoms with E-state index in [0.717, 1.165) is 11.4 Å². The molecule has 2 aromatic carbocycles. The number of carbonyl (C=O) groups excluding carboxylic acids is 1. The maximum atomic E-state index is 12.5. The molecule has 1 unspecified atom stereocenters. The molecular formula is C21H21N3O5. The van der Waals surface area contributed by atoms with E-state index >= 15 is 0 Å². The summed E-state index contributed by atoms with van der Waals surface area (Å²) < 4.78 is 21.2. The molecule has 1 saturated heterocycles. The molecule has 4 rings (SSSR count). The highest BCUT2D eigenvalue weighted by Gasteiger charge is 2.35. The van der Waals surface area contributed by atoms with Gasteiger partial charge in [0.15, 0.2) is 0 Å². The van der Waals surface area contributed by atoms with E-state index in [9.17, 15) is 4.79 Å². The first-order valence-electron chi connectivity index (χ1n) is 9.12. The molecule has 0 N–H and O–H groups in total. The topological polar surface area (TPSA) is 86.9 Å². The van der Waals surface area contributed by atoms with Gasteiger partial charge in [-0.2, -0.15) is 4.98 Å². The van der Waals surface area contributed by atoms with Gasteiger partial charge in [0.05, 0.1) is 27.2 Å². The maximum Gasteiger partial charge on any atom is 0.232 e. The van der Waals surface area contributed by atoms with Crippen LogP contribution in [-0.2, 0) is 4.79 Å². The van der Waals surface area contributed by atoms with Gasteiger partial charge in [-0.25, -0.2) is 0 Å². The average molecular weight is 395 g/mol. The van der Waals surface area contributed by atoms with Crippen LogP contribution in [0.1, 0.15) is 18.2 Å². The number of hydrogen-bond acceptors (Lipinski definition) is 7. The van der Waals surface area contributed by atoms with Gasteiger partial charge < -0.3 is 23.6 Å². The molecule has 3 aromatic rings. The van der Waals surface area contributed by atoms with Crippen LogP contribution in [0.5, 0.6) is 17.2 Å². The van der Waals surface area contributed by atoms with Gasteiger partial charge >= 0.3 is 0 Å². The van der Waals surface area contributed by atoms with Gasteiger partial charge in [0.1, 0.15) is 17.2 Å². The standard InChI is InChI=1S/C21H21N3O5/c1-26-16-6-4-15(5-7-16)24-12-14(10-19(24)25)21-22-20(23-29-21)13-8-17(27-2)11-18(9-13)28-3/h4-9,11,14H,10,12H2,1-3H3. The van der Waals surface area contributed by atoms with Gasteiger partial charge in [-0.3, -0.25) is 4.79 Å². The molecule has 0 bridgehead atoms. The third-order valence-corrected chi connectivity index (χ3v) is 4.91. The Morgan fingerprint density at radius 1 is 0.966 bits per heavy atom. The average Bonchev–Trinajstić information content (AvgIpc) is 3.40. The van der Waals surface area contributed by atoms with E-state index in [1.165, 1.54) is 0 Å². The van der Waals surface area contributed by atoms with Gasteiger partial charge in [-0.05, 0) is 36.4 Å². The zero-order valence-corrected chi connectivity index (χ0v) is 16.4. The molecule has 1 aliphatic heterocycles. The molecule has 8 nitrogen and oxygen atoms in total. The molecule has 8 heteroatoms. The van der Waals surface area contributed by atoms with Crippen molar-refractivity contribution in [1.29, 1.82) is 0 Å². The minimum Gasteiger partial charge on any atom is -0.497 e. The minimum atomic E-state index is -0.168. The number of carbonyl (C=O) groups is 1. The third kappa shape index (κ3) is 3.73. The molecule has 1 aromatic heterocycles. The normalized spacial score (nSPS) is 16.2. The van der Waals surface area contributed by atoms with Crippen LogP contribution in [0.25, 0.3) is 11.4 Å². The number of benzene rings is 2. The Morgan fingerprint density at radius 3 is 2.24 bits per heavy atom. The summed E-state index contributed by atoms with van der Waals surface area (Å²) in [5, 5.41) is 4.08. The van der Waals surface area contributed by atoms with Crippen LogP contribution in [0.3, 0.4) is 0 Å². The lowest BCUT2D eigenvalue weighted by molar-refractivity contribution is -0.117. The first-order chi connectivity index (χ1) is 14.1. The molecular weight excluding hydrogens is 374 g/mol. The minimum absolute atomic E-state index is 0.0166. The summed E-state index contributed by atoms with van der Waals surface area (Å²) >= 11 is 0. The van der Waals surface area contributed by atoms with Crippen LogP contribution < -0.4 is 19.1 Å². The molecule has 0 saturated carbocycles. The smallest absolute Gasteiger partial charge is 0.232 e. The molecule has 2 heterocycles. The monoisotopic (exact) mass is 395 g/mol. The molecule has 1 atom stereocenters. The number of aromatic nitrogens is 2. The van der Waals surface area contributed by atoms with Crippen molar-refractivity contribution < 1.29 is 23.5 Å². The van der Waals surface area contributed by atoms with Gasteiger partial charge in [-0.1, -0.05) is 5.16 Å². The lowest BCUT2D eigenvalue weighted by atomic mass is 10.1. The van der Waals surface area contributed by atoms with Crippen molar-refractivity contribution in [1.82, 2.24) is 10.1 Å². The Hall–Kier alpha value is -3.55. The molecule has 1 aliphatic rings. The molecule has 150 valence electrons. The fourth-order valence-corrected chi connectivity index (χ4v) is 3.34. The molecule has 0 spiro atoms. The Morgan fingerprint density at radius 2 is 1.62 bits per heavy atom. The Balaban J connectivity index is 1.55. The van der Waals surface area contributed by atoms with E-state index in [0.29, 0.717) is 41.7 Å². The first kappa shape index (κ1) is 18.8. The van der Waals surface area contributed by atoms with Crippen LogP contribution in [0.4, 0.5) is 5.69 Å². The predicted molar refractivity (Wildman–Crippen MR) is 106 cm³/mol. The Kier molecular flexibility index (Phi) is 5.07. The van der Waals surface area contributed by atoms with Gasteiger partial charge in [0, 0.05) is 30.3 Å². The molecule has 0 aliphatic carbocycles. The summed E-state index contributed by atoms with van der Waals surface area (Å²) in [5.41, 5.74) is 1.53. The highest BCUT2D eigenvalue weighted by molar-refractivity contribution is 5.96. The second-order valence-corrected chi connectivity index (χ2v) is 6.66. The van der Waals surface area contributed by atoms with Crippen molar-refractivity contribution in [2.24, 2.45) is 0 Å². The summed E-state index contributed by atoms with van der Waals surface area (Å²) in [6, 6.07) is 12.8. The van der Waals surface area contributed by atoms with Crippen LogP contribution in [0.2, 0.25) is 0 Å². The van der Waals surface area contributed by atoms with Gasteiger partial charge in [-0.15, -0.1) is 0 Å². The highest BCUT2D eigenvalue weighted by atomic mass is 16.5. The third-order valence-electron chi connectivity index (χ3n) is 4.91.